The quantitative estimate of drug-likeness (QED) is 0.861. The number of pyridine rings is 1. The summed E-state index contributed by atoms with van der Waals surface area (Å²) in [7, 11) is 0. The molecule has 1 saturated heterocycles. The molecule has 0 aliphatic carbocycles. The van der Waals surface area contributed by atoms with Crippen molar-refractivity contribution in [2.75, 3.05) is 13.1 Å². The molecule has 1 aliphatic heterocycles. The summed E-state index contributed by atoms with van der Waals surface area (Å²) in [5.41, 5.74) is 0.226. The van der Waals surface area contributed by atoms with Crippen LogP contribution in [0, 0.1) is 11.8 Å². The van der Waals surface area contributed by atoms with Crippen LogP contribution in [0.1, 0.15) is 16.8 Å². The Hall–Kier alpha value is -2.15. The highest BCUT2D eigenvalue weighted by Gasteiger charge is 2.40. The van der Waals surface area contributed by atoms with Gasteiger partial charge >= 0.3 is 11.9 Å². The van der Waals surface area contributed by atoms with Crippen LogP contribution in [0.25, 0.3) is 0 Å². The van der Waals surface area contributed by atoms with Crippen molar-refractivity contribution in [3.63, 3.8) is 0 Å². The van der Waals surface area contributed by atoms with Crippen LogP contribution in [0.4, 0.5) is 0 Å². The number of hydrogen-bond acceptors (Lipinski definition) is 4. The van der Waals surface area contributed by atoms with Gasteiger partial charge in [-0.1, -0.05) is 11.6 Å². The summed E-state index contributed by atoms with van der Waals surface area (Å²) in [6.45, 7) is 0.0298. The van der Waals surface area contributed by atoms with Gasteiger partial charge in [-0.2, -0.15) is 0 Å². The molecular formula is C13H13ClN2O5. The third-order valence-corrected chi connectivity index (χ3v) is 3.84. The Labute approximate surface area is 125 Å². The fraction of sp³-hybridized carbons (Fsp3) is 0.385. The summed E-state index contributed by atoms with van der Waals surface area (Å²) in [6.07, 6.45) is 2.84. The van der Waals surface area contributed by atoms with Crippen LogP contribution < -0.4 is 0 Å². The number of likely N-dealkylation sites (tertiary alicyclic amines) is 1. The number of halogens is 1. The Morgan fingerprint density at radius 1 is 1.24 bits per heavy atom. The second-order valence-corrected chi connectivity index (χ2v) is 5.19. The van der Waals surface area contributed by atoms with E-state index in [9.17, 15) is 14.4 Å². The van der Waals surface area contributed by atoms with Crippen molar-refractivity contribution in [1.82, 2.24) is 9.88 Å². The molecule has 0 aromatic carbocycles. The molecule has 21 heavy (non-hydrogen) atoms. The zero-order valence-electron chi connectivity index (χ0n) is 10.9. The molecule has 112 valence electrons. The van der Waals surface area contributed by atoms with Crippen molar-refractivity contribution in [2.24, 2.45) is 11.8 Å². The molecular weight excluding hydrogens is 300 g/mol. The van der Waals surface area contributed by atoms with E-state index >= 15 is 0 Å². The average Bonchev–Trinajstić information content (AvgIpc) is 2.46. The van der Waals surface area contributed by atoms with Crippen LogP contribution in [0.15, 0.2) is 18.5 Å². The number of carboxylic acids is 2. The normalized spacial score (nSPS) is 21.9. The molecule has 8 heteroatoms. The first-order valence-electron chi connectivity index (χ1n) is 6.26. The maximum absolute atomic E-state index is 12.3. The van der Waals surface area contributed by atoms with Gasteiger partial charge in [0, 0.05) is 25.5 Å². The van der Waals surface area contributed by atoms with E-state index in [1.807, 2.05) is 0 Å². The Bertz CT molecular complexity index is 592. The van der Waals surface area contributed by atoms with Crippen LogP contribution in [0.2, 0.25) is 5.02 Å². The molecule has 2 unspecified atom stereocenters. The van der Waals surface area contributed by atoms with Crippen LogP contribution in [-0.4, -0.2) is 51.0 Å². The average molecular weight is 313 g/mol. The first-order chi connectivity index (χ1) is 9.91. The van der Waals surface area contributed by atoms with E-state index in [0.29, 0.717) is 0 Å². The largest absolute Gasteiger partial charge is 0.481 e. The minimum atomic E-state index is -1.22. The lowest BCUT2D eigenvalue weighted by molar-refractivity contribution is -0.156. The van der Waals surface area contributed by atoms with E-state index in [-0.39, 0.29) is 30.1 Å². The molecule has 0 radical (unpaired) electrons. The van der Waals surface area contributed by atoms with Crippen molar-refractivity contribution >= 4 is 29.4 Å². The van der Waals surface area contributed by atoms with Crippen LogP contribution >= 0.6 is 11.6 Å². The van der Waals surface area contributed by atoms with E-state index in [1.54, 1.807) is 0 Å². The van der Waals surface area contributed by atoms with Crippen molar-refractivity contribution < 1.29 is 24.6 Å². The van der Waals surface area contributed by atoms with Gasteiger partial charge in [0.1, 0.15) is 0 Å². The maximum atomic E-state index is 12.3. The van der Waals surface area contributed by atoms with E-state index in [4.69, 9.17) is 21.8 Å². The highest BCUT2D eigenvalue weighted by molar-refractivity contribution is 6.33. The number of nitrogens with zero attached hydrogens (tertiary/aromatic N) is 2. The SMILES string of the molecule is O=C(O)C1CCN(C(=O)c2ccncc2Cl)CC1C(=O)O. The minimum Gasteiger partial charge on any atom is -0.481 e. The number of amides is 1. The van der Waals surface area contributed by atoms with Gasteiger partial charge in [0.2, 0.25) is 0 Å². The molecule has 0 bridgehead atoms. The van der Waals surface area contributed by atoms with Crippen LogP contribution in [0.5, 0.6) is 0 Å². The lowest BCUT2D eigenvalue weighted by atomic mass is 9.85. The number of carbonyl (C=O) groups excluding carboxylic acids is 1. The molecule has 7 nitrogen and oxygen atoms in total. The summed E-state index contributed by atoms with van der Waals surface area (Å²) in [5.74, 6) is -4.91. The number of rotatable bonds is 3. The van der Waals surface area contributed by atoms with Gasteiger partial charge in [0.25, 0.3) is 5.91 Å². The topological polar surface area (TPSA) is 108 Å². The Morgan fingerprint density at radius 2 is 1.90 bits per heavy atom. The molecule has 0 saturated carbocycles. The number of piperidine rings is 1. The fourth-order valence-electron chi connectivity index (χ4n) is 2.40. The highest BCUT2D eigenvalue weighted by atomic mass is 35.5. The summed E-state index contributed by atoms with van der Waals surface area (Å²) in [5, 5.41) is 18.4. The second-order valence-electron chi connectivity index (χ2n) is 4.78. The van der Waals surface area contributed by atoms with E-state index in [0.717, 1.165) is 0 Å². The van der Waals surface area contributed by atoms with Crippen molar-refractivity contribution in [1.29, 1.82) is 0 Å². The first-order valence-corrected chi connectivity index (χ1v) is 6.64. The van der Waals surface area contributed by atoms with Crippen molar-refractivity contribution in [3.05, 3.63) is 29.0 Å². The molecule has 1 amide bonds. The number of aromatic nitrogens is 1. The van der Waals surface area contributed by atoms with Gasteiger partial charge in [-0.25, -0.2) is 0 Å². The van der Waals surface area contributed by atoms with Crippen LogP contribution in [-0.2, 0) is 9.59 Å². The number of hydrogen-bond donors (Lipinski definition) is 2. The lowest BCUT2D eigenvalue weighted by Gasteiger charge is -2.34. The highest BCUT2D eigenvalue weighted by Crippen LogP contribution is 2.26. The lowest BCUT2D eigenvalue weighted by Crippen LogP contribution is -2.48. The van der Waals surface area contributed by atoms with E-state index in [2.05, 4.69) is 4.98 Å². The molecule has 0 spiro atoms. The van der Waals surface area contributed by atoms with Gasteiger partial charge in [-0.3, -0.25) is 19.4 Å². The third kappa shape index (κ3) is 3.13. The summed E-state index contributed by atoms with van der Waals surface area (Å²) < 4.78 is 0. The second kappa shape index (κ2) is 6.09. The van der Waals surface area contributed by atoms with E-state index in [1.165, 1.54) is 23.4 Å². The maximum Gasteiger partial charge on any atom is 0.309 e. The molecule has 1 aromatic rings. The smallest absolute Gasteiger partial charge is 0.309 e. The number of aliphatic carboxylic acids is 2. The summed E-state index contributed by atoms with van der Waals surface area (Å²) >= 11 is 5.90. The first kappa shape index (κ1) is 15.2. The third-order valence-electron chi connectivity index (χ3n) is 3.54. The fourth-order valence-corrected chi connectivity index (χ4v) is 2.60. The molecule has 2 N–H and O–H groups in total. The molecule has 1 aliphatic rings. The number of carbonyl (C=O) groups is 3. The van der Waals surface area contributed by atoms with Gasteiger partial charge in [-0.15, -0.1) is 0 Å². The monoisotopic (exact) mass is 312 g/mol. The molecule has 2 heterocycles. The Balaban J connectivity index is 2.20. The van der Waals surface area contributed by atoms with Crippen molar-refractivity contribution in [2.45, 2.75) is 6.42 Å². The molecule has 1 fully saturated rings. The number of carboxylic acid groups (broad SMARTS) is 2. The van der Waals surface area contributed by atoms with Crippen LogP contribution in [0.3, 0.4) is 0 Å². The van der Waals surface area contributed by atoms with E-state index < -0.39 is 29.7 Å². The standard InChI is InChI=1S/C13H13ClN2O5/c14-10-5-15-3-1-8(10)11(17)16-4-2-7(12(18)19)9(6-16)13(20)21/h1,3,5,7,9H,2,4,6H2,(H,18,19)(H,20,21). The molecule has 1 aromatic heterocycles. The summed E-state index contributed by atoms with van der Waals surface area (Å²) in [6, 6.07) is 1.45. The Morgan fingerprint density at radius 3 is 2.48 bits per heavy atom. The predicted molar refractivity (Wildman–Crippen MR) is 72.0 cm³/mol. The van der Waals surface area contributed by atoms with Gasteiger partial charge in [0.05, 0.1) is 22.4 Å². The predicted octanol–water partition coefficient (Wildman–Crippen LogP) is 0.982. The van der Waals surface area contributed by atoms with Gasteiger partial charge in [0.15, 0.2) is 0 Å². The minimum absolute atomic E-state index is 0.0980. The zero-order chi connectivity index (χ0) is 15.6. The summed E-state index contributed by atoms with van der Waals surface area (Å²) in [4.78, 5) is 39.7. The zero-order valence-corrected chi connectivity index (χ0v) is 11.7. The van der Waals surface area contributed by atoms with Gasteiger partial charge < -0.3 is 15.1 Å². The molecule has 2 atom stereocenters. The van der Waals surface area contributed by atoms with Crippen molar-refractivity contribution in [3.8, 4) is 0 Å². The van der Waals surface area contributed by atoms with Gasteiger partial charge in [-0.05, 0) is 12.5 Å². The molecule has 2 rings (SSSR count). The Kier molecular flexibility index (Phi) is 4.42.